The van der Waals surface area contributed by atoms with Gasteiger partial charge in [0.2, 0.25) is 0 Å². The van der Waals surface area contributed by atoms with Gasteiger partial charge in [-0.3, -0.25) is 4.79 Å². The Balaban J connectivity index is 1.66. The van der Waals surface area contributed by atoms with Crippen molar-refractivity contribution in [2.45, 2.75) is 31.8 Å². The molecular weight excluding hydrogens is 352 g/mol. The maximum absolute atomic E-state index is 12.5. The lowest BCUT2D eigenvalue weighted by Crippen LogP contribution is -2.44. The van der Waals surface area contributed by atoms with Crippen molar-refractivity contribution >= 4 is 17.2 Å². The number of anilines is 3. The number of nitrogens with zero attached hydrogens (tertiary/aromatic N) is 3. The number of benzene rings is 1. The van der Waals surface area contributed by atoms with Crippen LogP contribution in [0.3, 0.4) is 0 Å². The van der Waals surface area contributed by atoms with Crippen LogP contribution in [0.25, 0.3) is 0 Å². The fourth-order valence-corrected chi connectivity index (χ4v) is 4.36. The van der Waals surface area contributed by atoms with Gasteiger partial charge >= 0.3 is 0 Å². The molecule has 4 rings (SSSR count). The minimum Gasteiger partial charge on any atom is -0.378 e. The minimum atomic E-state index is -0.0427. The summed E-state index contributed by atoms with van der Waals surface area (Å²) in [5.74, 6) is 0.916. The average molecular weight is 383 g/mol. The summed E-state index contributed by atoms with van der Waals surface area (Å²) in [6, 6.07) is 13.1. The maximum Gasteiger partial charge on any atom is 0.251 e. The molecule has 28 heavy (non-hydrogen) atoms. The van der Waals surface area contributed by atoms with Crippen molar-refractivity contribution in [2.24, 2.45) is 0 Å². The van der Waals surface area contributed by atoms with E-state index in [0.29, 0.717) is 13.2 Å². The highest BCUT2D eigenvalue weighted by Crippen LogP contribution is 2.37. The van der Waals surface area contributed by atoms with Crippen molar-refractivity contribution in [1.29, 1.82) is 0 Å². The van der Waals surface area contributed by atoms with Crippen LogP contribution in [0, 0.1) is 0 Å². The Morgan fingerprint density at radius 3 is 2.79 bits per heavy atom. The van der Waals surface area contributed by atoms with Crippen molar-refractivity contribution in [3.05, 3.63) is 52.3 Å². The van der Waals surface area contributed by atoms with Crippen LogP contribution in [0.1, 0.15) is 31.4 Å². The molecular formula is C22H30N4O2. The molecule has 2 atom stereocenters. The SMILES string of the molecule is C[C@@H]1COCCN1c1cc(N2CCC[C@H]2c2cccc(N(C)C)c2)[nH]c(=O)c1. The molecule has 0 spiro atoms. The van der Waals surface area contributed by atoms with Crippen LogP contribution in [-0.2, 0) is 4.74 Å². The maximum atomic E-state index is 12.5. The number of rotatable bonds is 4. The third kappa shape index (κ3) is 3.74. The van der Waals surface area contributed by atoms with Gasteiger partial charge in [-0.1, -0.05) is 12.1 Å². The lowest BCUT2D eigenvalue weighted by Gasteiger charge is -2.36. The zero-order chi connectivity index (χ0) is 19.7. The lowest BCUT2D eigenvalue weighted by molar-refractivity contribution is 0.0989. The van der Waals surface area contributed by atoms with Gasteiger partial charge in [-0.15, -0.1) is 0 Å². The van der Waals surface area contributed by atoms with Gasteiger partial charge in [0.15, 0.2) is 0 Å². The molecule has 1 aromatic carbocycles. The Morgan fingerprint density at radius 1 is 1.14 bits per heavy atom. The van der Waals surface area contributed by atoms with E-state index in [-0.39, 0.29) is 17.6 Å². The van der Waals surface area contributed by atoms with Crippen LogP contribution >= 0.6 is 0 Å². The van der Waals surface area contributed by atoms with E-state index in [2.05, 4.69) is 71.0 Å². The summed E-state index contributed by atoms with van der Waals surface area (Å²) in [7, 11) is 4.13. The Kier molecular flexibility index (Phi) is 5.31. The highest BCUT2D eigenvalue weighted by Gasteiger charge is 2.28. The van der Waals surface area contributed by atoms with E-state index in [9.17, 15) is 4.79 Å². The average Bonchev–Trinajstić information content (AvgIpc) is 3.18. The summed E-state index contributed by atoms with van der Waals surface area (Å²) in [6.45, 7) is 5.32. The smallest absolute Gasteiger partial charge is 0.251 e. The van der Waals surface area contributed by atoms with E-state index >= 15 is 0 Å². The van der Waals surface area contributed by atoms with Crippen molar-refractivity contribution < 1.29 is 4.74 Å². The molecule has 2 fully saturated rings. The molecule has 0 bridgehead atoms. The molecule has 0 saturated carbocycles. The van der Waals surface area contributed by atoms with Crippen LogP contribution in [0.4, 0.5) is 17.2 Å². The van der Waals surface area contributed by atoms with Gasteiger partial charge < -0.3 is 24.4 Å². The second kappa shape index (κ2) is 7.87. The standard InChI is InChI=1S/C22H30N4O2/c1-16-15-28-11-10-25(16)19-13-21(23-22(27)14-19)26-9-5-8-20(26)17-6-4-7-18(12-17)24(2)3/h4,6-7,12-14,16,20H,5,8-11,15H2,1-3H3,(H,23,27)/t16-,20+/m1/s1. The van der Waals surface area contributed by atoms with Crippen molar-refractivity contribution in [3.8, 4) is 0 Å². The van der Waals surface area contributed by atoms with Gasteiger partial charge in [0.1, 0.15) is 5.82 Å². The molecule has 6 heteroatoms. The molecule has 2 aromatic rings. The number of hydrogen-bond donors (Lipinski definition) is 1. The number of aromatic nitrogens is 1. The number of nitrogens with one attached hydrogen (secondary N) is 1. The Labute approximate surface area is 166 Å². The minimum absolute atomic E-state index is 0.0427. The molecule has 3 heterocycles. The van der Waals surface area contributed by atoms with Crippen LogP contribution in [0.5, 0.6) is 0 Å². The number of ether oxygens (including phenoxy) is 1. The van der Waals surface area contributed by atoms with E-state index in [1.807, 2.05) is 0 Å². The molecule has 0 radical (unpaired) electrons. The molecule has 1 aromatic heterocycles. The third-order valence-corrected chi connectivity index (χ3v) is 5.85. The monoisotopic (exact) mass is 382 g/mol. The van der Waals surface area contributed by atoms with Crippen LogP contribution in [0.2, 0.25) is 0 Å². The fraction of sp³-hybridized carbons (Fsp3) is 0.500. The van der Waals surface area contributed by atoms with Crippen molar-refractivity contribution in [1.82, 2.24) is 4.98 Å². The summed E-state index contributed by atoms with van der Waals surface area (Å²) in [6.07, 6.45) is 2.22. The third-order valence-electron chi connectivity index (χ3n) is 5.85. The predicted molar refractivity (Wildman–Crippen MR) is 115 cm³/mol. The molecule has 2 aliphatic heterocycles. The first kappa shape index (κ1) is 18.9. The number of pyridine rings is 1. The Hall–Kier alpha value is -2.47. The van der Waals surface area contributed by atoms with E-state index in [1.54, 1.807) is 6.07 Å². The molecule has 1 N–H and O–H groups in total. The van der Waals surface area contributed by atoms with Crippen molar-refractivity contribution in [3.63, 3.8) is 0 Å². The van der Waals surface area contributed by atoms with Gasteiger partial charge in [0.25, 0.3) is 5.56 Å². The van der Waals surface area contributed by atoms with Crippen LogP contribution in [0.15, 0.2) is 41.2 Å². The van der Waals surface area contributed by atoms with E-state index < -0.39 is 0 Å². The highest BCUT2D eigenvalue weighted by atomic mass is 16.5. The fourth-order valence-electron chi connectivity index (χ4n) is 4.36. The van der Waals surface area contributed by atoms with Gasteiger partial charge in [-0.25, -0.2) is 0 Å². The quantitative estimate of drug-likeness (QED) is 0.881. The van der Waals surface area contributed by atoms with E-state index in [0.717, 1.165) is 37.4 Å². The van der Waals surface area contributed by atoms with E-state index in [1.165, 1.54) is 11.3 Å². The largest absolute Gasteiger partial charge is 0.378 e. The predicted octanol–water partition coefficient (Wildman–Crippen LogP) is 3.01. The molecule has 0 amide bonds. The Bertz CT molecular complexity index is 879. The normalized spacial score (nSPS) is 22.5. The molecule has 2 aliphatic rings. The topological polar surface area (TPSA) is 51.8 Å². The molecule has 0 aliphatic carbocycles. The van der Waals surface area contributed by atoms with Crippen LogP contribution in [-0.4, -0.2) is 51.4 Å². The first-order valence-corrected chi connectivity index (χ1v) is 10.2. The Morgan fingerprint density at radius 2 is 2.00 bits per heavy atom. The number of H-pyrrole nitrogens is 1. The summed E-state index contributed by atoms with van der Waals surface area (Å²) < 4.78 is 5.56. The number of aromatic amines is 1. The highest BCUT2D eigenvalue weighted by molar-refractivity contribution is 5.58. The van der Waals surface area contributed by atoms with Gasteiger partial charge in [-0.2, -0.15) is 0 Å². The number of hydrogen-bond acceptors (Lipinski definition) is 5. The molecule has 6 nitrogen and oxygen atoms in total. The summed E-state index contributed by atoms with van der Waals surface area (Å²) in [5.41, 5.74) is 3.45. The van der Waals surface area contributed by atoms with Gasteiger partial charge in [-0.05, 0) is 37.5 Å². The van der Waals surface area contributed by atoms with Gasteiger partial charge in [0, 0.05) is 56.7 Å². The van der Waals surface area contributed by atoms with Crippen molar-refractivity contribution in [2.75, 3.05) is 55.1 Å². The summed E-state index contributed by atoms with van der Waals surface area (Å²) in [4.78, 5) is 22.3. The number of morpholine rings is 1. The zero-order valence-electron chi connectivity index (χ0n) is 17.0. The summed E-state index contributed by atoms with van der Waals surface area (Å²) >= 11 is 0. The summed E-state index contributed by atoms with van der Waals surface area (Å²) in [5, 5.41) is 0. The van der Waals surface area contributed by atoms with E-state index in [4.69, 9.17) is 4.74 Å². The zero-order valence-corrected chi connectivity index (χ0v) is 17.0. The second-order valence-electron chi connectivity index (χ2n) is 8.05. The lowest BCUT2D eigenvalue weighted by atomic mass is 10.0. The molecule has 150 valence electrons. The van der Waals surface area contributed by atoms with Crippen LogP contribution < -0.4 is 20.3 Å². The first-order valence-electron chi connectivity index (χ1n) is 10.2. The molecule has 2 saturated heterocycles. The molecule has 0 unspecified atom stereocenters. The van der Waals surface area contributed by atoms with Gasteiger partial charge in [0.05, 0.1) is 19.3 Å². The second-order valence-corrected chi connectivity index (χ2v) is 8.05. The first-order chi connectivity index (χ1) is 13.5.